The van der Waals surface area contributed by atoms with E-state index < -0.39 is 12.1 Å². The van der Waals surface area contributed by atoms with Crippen LogP contribution in [0.25, 0.3) is 0 Å². The first-order valence-corrected chi connectivity index (χ1v) is 8.47. The molecule has 2 heterocycles. The highest BCUT2D eigenvalue weighted by molar-refractivity contribution is 5.91. The Hall–Kier alpha value is -2.21. The van der Waals surface area contributed by atoms with Crippen LogP contribution in [0.5, 0.6) is 0 Å². The summed E-state index contributed by atoms with van der Waals surface area (Å²) in [7, 11) is 0. The smallest absolute Gasteiger partial charge is 0.334 e. The second-order valence-corrected chi connectivity index (χ2v) is 6.94. The van der Waals surface area contributed by atoms with Gasteiger partial charge in [0.15, 0.2) is 0 Å². The molecule has 3 aliphatic rings. The topological polar surface area (TPSA) is 82.2 Å². The molecule has 6 heteroatoms. The lowest BCUT2D eigenvalue weighted by Crippen LogP contribution is -2.20. The molecule has 6 nitrogen and oxygen atoms in total. The second-order valence-electron chi connectivity index (χ2n) is 6.94. The van der Waals surface area contributed by atoms with E-state index >= 15 is 0 Å². The summed E-state index contributed by atoms with van der Waals surface area (Å²) in [5, 5.41) is 0. The minimum absolute atomic E-state index is 0.140. The van der Waals surface area contributed by atoms with Gasteiger partial charge < -0.3 is 14.2 Å². The molecule has 0 aromatic rings. The monoisotopic (exact) mass is 346 g/mol. The number of esters is 2. The standard InChI is InChI=1S/C19H22O6/c1-10(2)18(21)23-9-13-4-5-14-11(3)19(22)25-15(14)6-12(8-20)7-16-17(13)24-16/h4,7-8,10,14-17H,3,5-6,9H2,1-2H3/b12-7?,13-4+/t14?,15-,16+,17-/m0/s1. The van der Waals surface area contributed by atoms with E-state index in [9.17, 15) is 14.4 Å². The van der Waals surface area contributed by atoms with Gasteiger partial charge in [-0.05, 0) is 23.6 Å². The van der Waals surface area contributed by atoms with Gasteiger partial charge in [0.25, 0.3) is 0 Å². The number of hydrogen-bond acceptors (Lipinski definition) is 6. The van der Waals surface area contributed by atoms with Crippen LogP contribution in [0, 0.1) is 11.8 Å². The molecule has 2 saturated heterocycles. The summed E-state index contributed by atoms with van der Waals surface area (Å²) >= 11 is 0. The molecule has 0 saturated carbocycles. The van der Waals surface area contributed by atoms with Gasteiger partial charge in [0.05, 0.1) is 5.92 Å². The Labute approximate surface area is 146 Å². The third-order valence-corrected chi connectivity index (χ3v) is 4.76. The van der Waals surface area contributed by atoms with Crippen LogP contribution in [0.1, 0.15) is 26.7 Å². The molecule has 0 aromatic carbocycles. The lowest BCUT2D eigenvalue weighted by atomic mass is 9.88. The first-order valence-electron chi connectivity index (χ1n) is 8.47. The molecule has 25 heavy (non-hydrogen) atoms. The number of ether oxygens (including phenoxy) is 3. The molecule has 0 N–H and O–H groups in total. The Morgan fingerprint density at radius 2 is 2.24 bits per heavy atom. The number of epoxide rings is 1. The molecule has 2 fully saturated rings. The van der Waals surface area contributed by atoms with Crippen molar-refractivity contribution in [2.45, 2.75) is 45.0 Å². The van der Waals surface area contributed by atoms with Gasteiger partial charge in [0.2, 0.25) is 0 Å². The van der Waals surface area contributed by atoms with Crippen LogP contribution in [0.2, 0.25) is 0 Å². The highest BCUT2D eigenvalue weighted by atomic mass is 16.6. The fraction of sp³-hybridized carbons (Fsp3) is 0.526. The van der Waals surface area contributed by atoms with Crippen molar-refractivity contribution in [2.75, 3.05) is 6.61 Å². The van der Waals surface area contributed by atoms with Crippen molar-refractivity contribution < 1.29 is 28.6 Å². The van der Waals surface area contributed by atoms with E-state index in [-0.39, 0.29) is 36.6 Å². The Morgan fingerprint density at radius 1 is 1.48 bits per heavy atom. The van der Waals surface area contributed by atoms with Gasteiger partial charge in [0.1, 0.15) is 31.2 Å². The Morgan fingerprint density at radius 3 is 2.92 bits per heavy atom. The summed E-state index contributed by atoms with van der Waals surface area (Å²) in [5.74, 6) is -1.09. The van der Waals surface area contributed by atoms with Crippen LogP contribution in [-0.4, -0.2) is 43.1 Å². The molecule has 0 aromatic heterocycles. The van der Waals surface area contributed by atoms with Gasteiger partial charge in [-0.1, -0.05) is 26.5 Å². The number of carbonyl (C=O) groups excluding carboxylic acids is 3. The zero-order valence-electron chi connectivity index (χ0n) is 14.4. The molecule has 0 radical (unpaired) electrons. The Balaban J connectivity index is 1.81. The van der Waals surface area contributed by atoms with Gasteiger partial charge in [0, 0.05) is 17.9 Å². The van der Waals surface area contributed by atoms with Gasteiger partial charge in [-0.2, -0.15) is 0 Å². The average molecular weight is 346 g/mol. The van der Waals surface area contributed by atoms with Crippen LogP contribution in [0.4, 0.5) is 0 Å². The highest BCUT2D eigenvalue weighted by Gasteiger charge is 2.44. The normalized spacial score (nSPS) is 33.4. The minimum atomic E-state index is -0.415. The SMILES string of the molecule is C=C1C(=O)O[C@H]2CC(C=O)=C[C@H]3O[C@H]3/C(COC(=O)C(C)C)=C/CC12. The zero-order valence-corrected chi connectivity index (χ0v) is 14.4. The van der Waals surface area contributed by atoms with Gasteiger partial charge >= 0.3 is 11.9 Å². The lowest BCUT2D eigenvalue weighted by molar-refractivity contribution is -0.146. The third kappa shape index (κ3) is 3.74. The fourth-order valence-corrected chi connectivity index (χ4v) is 3.15. The van der Waals surface area contributed by atoms with Crippen molar-refractivity contribution >= 4 is 18.2 Å². The van der Waals surface area contributed by atoms with E-state index in [0.29, 0.717) is 24.0 Å². The lowest BCUT2D eigenvalue weighted by Gasteiger charge is -2.18. The number of rotatable bonds is 4. The van der Waals surface area contributed by atoms with Crippen molar-refractivity contribution in [3.05, 3.63) is 35.5 Å². The number of fused-ring (bicyclic) bond motifs is 2. The second kappa shape index (κ2) is 6.96. The molecule has 4 atom stereocenters. The van der Waals surface area contributed by atoms with Gasteiger partial charge in [-0.15, -0.1) is 0 Å². The van der Waals surface area contributed by atoms with Crippen molar-refractivity contribution in [3.63, 3.8) is 0 Å². The summed E-state index contributed by atoms with van der Waals surface area (Å²) in [6.45, 7) is 7.51. The molecule has 3 rings (SSSR count). The average Bonchev–Trinajstić information content (AvgIpc) is 3.28. The number of aldehydes is 1. The molecule has 0 spiro atoms. The van der Waals surface area contributed by atoms with Crippen molar-refractivity contribution in [2.24, 2.45) is 11.8 Å². The molecule has 134 valence electrons. The van der Waals surface area contributed by atoms with E-state index in [1.807, 2.05) is 6.08 Å². The molecule has 2 aliphatic heterocycles. The van der Waals surface area contributed by atoms with Crippen LogP contribution in [0.15, 0.2) is 35.5 Å². The third-order valence-electron chi connectivity index (χ3n) is 4.76. The summed E-state index contributed by atoms with van der Waals surface area (Å²) in [6.07, 6.45) is 4.56. The maximum Gasteiger partial charge on any atom is 0.334 e. The largest absolute Gasteiger partial charge is 0.461 e. The van der Waals surface area contributed by atoms with E-state index in [2.05, 4.69) is 6.58 Å². The summed E-state index contributed by atoms with van der Waals surface area (Å²) in [4.78, 5) is 34.9. The van der Waals surface area contributed by atoms with Crippen LogP contribution < -0.4 is 0 Å². The fourth-order valence-electron chi connectivity index (χ4n) is 3.15. The first-order chi connectivity index (χ1) is 11.9. The first kappa shape index (κ1) is 17.6. The zero-order chi connectivity index (χ0) is 18.1. The molecular weight excluding hydrogens is 324 g/mol. The van der Waals surface area contributed by atoms with E-state index in [0.717, 1.165) is 11.9 Å². The molecule has 0 bridgehead atoms. The van der Waals surface area contributed by atoms with Crippen LogP contribution in [0.3, 0.4) is 0 Å². The predicted octanol–water partition coefficient (Wildman–Crippen LogP) is 1.90. The summed E-state index contributed by atoms with van der Waals surface area (Å²) in [6, 6.07) is 0. The van der Waals surface area contributed by atoms with E-state index in [4.69, 9.17) is 14.2 Å². The minimum Gasteiger partial charge on any atom is -0.461 e. The number of allylic oxidation sites excluding steroid dienone is 1. The Bertz CT molecular complexity index is 671. The van der Waals surface area contributed by atoms with Crippen LogP contribution in [-0.2, 0) is 28.6 Å². The maximum absolute atomic E-state index is 11.8. The van der Waals surface area contributed by atoms with E-state index in [1.54, 1.807) is 19.9 Å². The van der Waals surface area contributed by atoms with Gasteiger partial charge in [-0.25, -0.2) is 4.79 Å². The quantitative estimate of drug-likeness (QED) is 0.254. The number of hydrogen-bond donors (Lipinski definition) is 0. The maximum atomic E-state index is 11.8. The van der Waals surface area contributed by atoms with Crippen molar-refractivity contribution in [1.82, 2.24) is 0 Å². The summed E-state index contributed by atoms with van der Waals surface area (Å²) in [5.41, 5.74) is 1.80. The molecular formula is C19H22O6. The highest BCUT2D eigenvalue weighted by Crippen LogP contribution is 2.38. The molecule has 1 unspecified atom stereocenters. The molecule has 0 amide bonds. The van der Waals surface area contributed by atoms with Crippen molar-refractivity contribution in [3.8, 4) is 0 Å². The van der Waals surface area contributed by atoms with Crippen molar-refractivity contribution in [1.29, 1.82) is 0 Å². The summed E-state index contributed by atoms with van der Waals surface area (Å²) < 4.78 is 16.3. The van der Waals surface area contributed by atoms with Crippen LogP contribution >= 0.6 is 0 Å². The molecule has 1 aliphatic carbocycles. The van der Waals surface area contributed by atoms with Gasteiger partial charge in [-0.3, -0.25) is 9.59 Å². The number of carbonyl (C=O) groups is 3. The van der Waals surface area contributed by atoms with E-state index in [1.165, 1.54) is 0 Å². The Kier molecular flexibility index (Phi) is 4.90. The predicted molar refractivity (Wildman–Crippen MR) is 88.4 cm³/mol.